The molecule has 0 bridgehead atoms. The van der Waals surface area contributed by atoms with Crippen molar-refractivity contribution in [1.29, 1.82) is 0 Å². The van der Waals surface area contributed by atoms with Crippen molar-refractivity contribution in [2.75, 3.05) is 34.0 Å². The van der Waals surface area contributed by atoms with Gasteiger partial charge in [0, 0.05) is 18.9 Å². The molecule has 1 aliphatic rings. The highest BCUT2D eigenvalue weighted by Gasteiger charge is 2.46. The lowest BCUT2D eigenvalue weighted by molar-refractivity contribution is -0.345. The quantitative estimate of drug-likeness (QED) is 0.123. The number of hydrogen-bond donors (Lipinski definition) is 4. The summed E-state index contributed by atoms with van der Waals surface area (Å²) in [5.74, 6) is -0.139. The molecule has 1 rings (SSSR count). The number of carbonyl (C=O) groups excluding carboxylic acids is 1. The molecule has 0 spiro atoms. The fourth-order valence-electron chi connectivity index (χ4n) is 3.30. The maximum atomic E-state index is 11.2. The Bertz CT molecular complexity index is 486. The summed E-state index contributed by atoms with van der Waals surface area (Å²) in [6, 6.07) is 0. The second-order valence-corrected chi connectivity index (χ2v) is 7.27. The molecule has 0 radical (unpaired) electrons. The molecule has 9 unspecified atom stereocenters. The van der Waals surface area contributed by atoms with Crippen LogP contribution in [0, 0.1) is 5.92 Å². The molecule has 0 aromatic rings. The number of aliphatic hydroxyl groups is 3. The van der Waals surface area contributed by atoms with Gasteiger partial charge in [0.2, 0.25) is 0 Å². The molecule has 0 aromatic heterocycles. The third-order valence-electron chi connectivity index (χ3n) is 5.21. The second-order valence-electron chi connectivity index (χ2n) is 7.27. The predicted octanol–water partition coefficient (Wildman–Crippen LogP) is -1.32. The summed E-state index contributed by atoms with van der Waals surface area (Å²) in [4.78, 5) is 31.2. The predicted molar refractivity (Wildman–Crippen MR) is 105 cm³/mol. The molecule has 0 aromatic carbocycles. The van der Waals surface area contributed by atoms with Crippen molar-refractivity contribution in [3.8, 4) is 0 Å². The molecule has 1 aliphatic heterocycles. The van der Waals surface area contributed by atoms with Gasteiger partial charge in [-0.05, 0) is 13.3 Å². The van der Waals surface area contributed by atoms with Crippen molar-refractivity contribution in [2.24, 2.45) is 11.7 Å². The minimum atomic E-state index is -1.63. The van der Waals surface area contributed by atoms with Crippen molar-refractivity contribution < 1.29 is 53.9 Å². The highest BCUT2D eigenvalue weighted by molar-refractivity contribution is 5.57. The molecule has 12 heteroatoms. The van der Waals surface area contributed by atoms with Gasteiger partial charge in [0.05, 0.1) is 39.6 Å². The molecule has 1 saturated heterocycles. The Labute approximate surface area is 182 Å². The molecule has 1 fully saturated rings. The van der Waals surface area contributed by atoms with Gasteiger partial charge in [0.25, 0.3) is 0 Å². The highest BCUT2D eigenvalue weighted by Crippen LogP contribution is 2.27. The Kier molecular flexibility index (Phi) is 13.8. The van der Waals surface area contributed by atoms with E-state index in [2.05, 4.69) is 4.89 Å². The van der Waals surface area contributed by atoms with E-state index in [-0.39, 0.29) is 32.1 Å². The van der Waals surface area contributed by atoms with E-state index in [1.165, 1.54) is 14.2 Å². The molecule has 184 valence electrons. The van der Waals surface area contributed by atoms with Gasteiger partial charge in [0.15, 0.2) is 12.6 Å². The monoisotopic (exact) mass is 455 g/mol. The smallest absolute Gasteiger partial charge is 0.187 e. The molecule has 1 heterocycles. The summed E-state index contributed by atoms with van der Waals surface area (Å²) in [7, 11) is 2.78. The van der Waals surface area contributed by atoms with Crippen molar-refractivity contribution in [3.63, 3.8) is 0 Å². The van der Waals surface area contributed by atoms with Gasteiger partial charge in [-0.25, -0.2) is 19.6 Å². The zero-order valence-corrected chi connectivity index (χ0v) is 18.5. The van der Waals surface area contributed by atoms with E-state index in [1.54, 1.807) is 6.92 Å². The topological polar surface area (TPSA) is 168 Å². The Morgan fingerprint density at radius 1 is 1.10 bits per heavy atom. The Hall–Kier alpha value is -0.770. The normalized spacial score (nSPS) is 30.5. The van der Waals surface area contributed by atoms with Crippen LogP contribution in [0.3, 0.4) is 0 Å². The average Bonchev–Trinajstić information content (AvgIpc) is 2.77. The first-order valence-corrected chi connectivity index (χ1v) is 10.3. The van der Waals surface area contributed by atoms with E-state index in [9.17, 15) is 20.1 Å². The van der Waals surface area contributed by atoms with Crippen LogP contribution in [-0.2, 0) is 38.6 Å². The van der Waals surface area contributed by atoms with E-state index in [1.807, 2.05) is 6.92 Å². The van der Waals surface area contributed by atoms with E-state index in [0.29, 0.717) is 12.7 Å². The minimum absolute atomic E-state index is 0.139. The lowest BCUT2D eigenvalue weighted by atomic mass is 9.93. The van der Waals surface area contributed by atoms with Crippen LogP contribution in [-0.4, -0.2) is 105 Å². The lowest BCUT2D eigenvalue weighted by Crippen LogP contribution is -2.59. The molecule has 9 atom stereocenters. The first kappa shape index (κ1) is 28.3. The van der Waals surface area contributed by atoms with Crippen molar-refractivity contribution in [1.82, 2.24) is 0 Å². The Balaban J connectivity index is 3.02. The van der Waals surface area contributed by atoms with Crippen molar-refractivity contribution >= 4 is 6.29 Å². The van der Waals surface area contributed by atoms with Gasteiger partial charge in [-0.1, -0.05) is 6.92 Å². The second kappa shape index (κ2) is 15.1. The number of aldehydes is 1. The fourth-order valence-corrected chi connectivity index (χ4v) is 3.30. The molecule has 0 amide bonds. The van der Waals surface area contributed by atoms with Crippen LogP contribution >= 0.6 is 0 Å². The van der Waals surface area contributed by atoms with Crippen LogP contribution in [0.5, 0.6) is 0 Å². The molecule has 0 aliphatic carbocycles. The van der Waals surface area contributed by atoms with E-state index >= 15 is 0 Å². The Morgan fingerprint density at radius 2 is 1.81 bits per heavy atom. The van der Waals surface area contributed by atoms with Crippen molar-refractivity contribution in [2.45, 2.75) is 75.7 Å². The maximum absolute atomic E-state index is 11.2. The molecule has 12 nitrogen and oxygen atoms in total. The van der Waals surface area contributed by atoms with Gasteiger partial charge in [-0.3, -0.25) is 0 Å². The summed E-state index contributed by atoms with van der Waals surface area (Å²) in [5.41, 5.74) is 5.52. The molecular formula is C19H37NO11. The van der Waals surface area contributed by atoms with Crippen LogP contribution in [0.15, 0.2) is 0 Å². The fraction of sp³-hybridized carbons (Fsp3) is 0.947. The molecular weight excluding hydrogens is 418 g/mol. The summed E-state index contributed by atoms with van der Waals surface area (Å²) in [6.45, 7) is 4.46. The van der Waals surface area contributed by atoms with Crippen LogP contribution < -0.4 is 5.73 Å². The van der Waals surface area contributed by atoms with Crippen LogP contribution in [0.2, 0.25) is 0 Å². The summed E-state index contributed by atoms with van der Waals surface area (Å²) in [6.07, 6.45) is -8.06. The van der Waals surface area contributed by atoms with Gasteiger partial charge in [0.1, 0.15) is 30.5 Å². The standard InChI is InChI=1S/C19H37NO11/c1-5-12(10-28-25-3)14(31-26-4)8-13(11(2)27-7-6-20)29-19-18(24)17(23)16(22)15(9-21)30-19/h9,11-19,22-24H,5-8,10,20H2,1-4H3. The maximum Gasteiger partial charge on any atom is 0.187 e. The van der Waals surface area contributed by atoms with Gasteiger partial charge < -0.3 is 40.1 Å². The van der Waals surface area contributed by atoms with E-state index in [4.69, 9.17) is 34.6 Å². The number of ether oxygens (including phenoxy) is 3. The van der Waals surface area contributed by atoms with E-state index < -0.39 is 49.0 Å². The average molecular weight is 456 g/mol. The van der Waals surface area contributed by atoms with Crippen LogP contribution in [0.4, 0.5) is 0 Å². The zero-order valence-electron chi connectivity index (χ0n) is 18.5. The Morgan fingerprint density at radius 3 is 2.35 bits per heavy atom. The van der Waals surface area contributed by atoms with Gasteiger partial charge in [-0.2, -0.15) is 0 Å². The number of aliphatic hydroxyl groups excluding tert-OH is 3. The zero-order chi connectivity index (χ0) is 23.4. The number of hydrogen-bond acceptors (Lipinski definition) is 12. The lowest BCUT2D eigenvalue weighted by Gasteiger charge is -2.41. The highest BCUT2D eigenvalue weighted by atomic mass is 17.2. The van der Waals surface area contributed by atoms with Crippen LogP contribution in [0.1, 0.15) is 26.7 Å². The SMILES string of the molecule is CCC(COOC)C(CC(OC1OC(C=O)C(O)C(O)C1O)C(C)OCCN)OOC. The number of nitrogens with two attached hydrogens (primary N) is 1. The van der Waals surface area contributed by atoms with Gasteiger partial charge >= 0.3 is 0 Å². The third kappa shape index (κ3) is 8.59. The van der Waals surface area contributed by atoms with Crippen LogP contribution in [0.25, 0.3) is 0 Å². The minimum Gasteiger partial charge on any atom is -0.387 e. The van der Waals surface area contributed by atoms with Crippen molar-refractivity contribution in [3.05, 3.63) is 0 Å². The van der Waals surface area contributed by atoms with Gasteiger partial charge in [-0.15, -0.1) is 0 Å². The largest absolute Gasteiger partial charge is 0.387 e. The summed E-state index contributed by atoms with van der Waals surface area (Å²) >= 11 is 0. The summed E-state index contributed by atoms with van der Waals surface area (Å²) in [5, 5.41) is 30.2. The molecule has 31 heavy (non-hydrogen) atoms. The number of carbonyl (C=O) groups is 1. The molecule has 0 saturated carbocycles. The third-order valence-corrected chi connectivity index (χ3v) is 5.21. The van der Waals surface area contributed by atoms with E-state index in [0.717, 1.165) is 0 Å². The number of rotatable bonds is 16. The summed E-state index contributed by atoms with van der Waals surface area (Å²) < 4.78 is 17.0. The first-order chi connectivity index (χ1) is 14.8. The molecule has 5 N–H and O–H groups in total. The first-order valence-electron chi connectivity index (χ1n) is 10.3.